The Morgan fingerprint density at radius 1 is 1.35 bits per heavy atom. The van der Waals surface area contributed by atoms with Crippen LogP contribution in [-0.4, -0.2) is 16.4 Å². The second-order valence-electron chi connectivity index (χ2n) is 4.59. The lowest BCUT2D eigenvalue weighted by atomic mass is 10.1. The molecule has 88 valence electrons. The van der Waals surface area contributed by atoms with E-state index in [0.29, 0.717) is 5.69 Å². The van der Waals surface area contributed by atoms with Gasteiger partial charge in [-0.3, -0.25) is 9.78 Å². The van der Waals surface area contributed by atoms with Crippen LogP contribution in [0.25, 0.3) is 10.9 Å². The van der Waals surface area contributed by atoms with Crippen LogP contribution >= 0.6 is 0 Å². The first kappa shape index (κ1) is 11.5. The van der Waals surface area contributed by atoms with E-state index in [4.69, 9.17) is 5.73 Å². The molecule has 4 heteroatoms. The third kappa shape index (κ3) is 2.60. The number of nitrogens with one attached hydrogen (secondary N) is 1. The first-order valence-electron chi connectivity index (χ1n) is 5.42. The van der Waals surface area contributed by atoms with Crippen molar-refractivity contribution in [1.29, 1.82) is 0 Å². The number of hydrogen-bond acceptors (Lipinski definition) is 3. The van der Waals surface area contributed by atoms with Gasteiger partial charge in [0, 0.05) is 5.39 Å². The summed E-state index contributed by atoms with van der Waals surface area (Å²) < 4.78 is 0. The lowest BCUT2D eigenvalue weighted by molar-refractivity contribution is -0.120. The SMILES string of the molecule is CC(C)(N)C(=O)Nc1cnc2ccccc2c1. The molecule has 2 aromatic rings. The average molecular weight is 229 g/mol. The Morgan fingerprint density at radius 3 is 2.76 bits per heavy atom. The van der Waals surface area contributed by atoms with Crippen LogP contribution in [0.2, 0.25) is 0 Å². The first-order chi connectivity index (χ1) is 7.97. The molecular formula is C13H15N3O. The molecule has 1 aromatic heterocycles. The highest BCUT2D eigenvalue weighted by Gasteiger charge is 2.21. The van der Waals surface area contributed by atoms with Crippen LogP contribution in [0, 0.1) is 0 Å². The second kappa shape index (κ2) is 4.14. The summed E-state index contributed by atoms with van der Waals surface area (Å²) in [5.41, 5.74) is 6.37. The molecule has 0 spiro atoms. The molecule has 0 aliphatic carbocycles. The third-order valence-corrected chi connectivity index (χ3v) is 2.43. The molecule has 0 saturated heterocycles. The summed E-state index contributed by atoms with van der Waals surface area (Å²) in [5, 5.41) is 3.73. The minimum absolute atomic E-state index is 0.227. The zero-order chi connectivity index (χ0) is 12.5. The number of rotatable bonds is 2. The van der Waals surface area contributed by atoms with Crippen LogP contribution < -0.4 is 11.1 Å². The number of carbonyl (C=O) groups is 1. The monoisotopic (exact) mass is 229 g/mol. The Hall–Kier alpha value is -1.94. The van der Waals surface area contributed by atoms with Crippen LogP contribution in [0.1, 0.15) is 13.8 Å². The highest BCUT2D eigenvalue weighted by atomic mass is 16.2. The van der Waals surface area contributed by atoms with E-state index in [1.54, 1.807) is 20.0 Å². The quantitative estimate of drug-likeness (QED) is 0.826. The molecule has 0 aliphatic rings. The van der Waals surface area contributed by atoms with Gasteiger partial charge in [-0.1, -0.05) is 18.2 Å². The number of para-hydroxylation sites is 1. The van der Waals surface area contributed by atoms with Crippen molar-refractivity contribution < 1.29 is 4.79 Å². The predicted molar refractivity (Wildman–Crippen MR) is 68.6 cm³/mol. The molecule has 1 heterocycles. The van der Waals surface area contributed by atoms with Gasteiger partial charge in [-0.25, -0.2) is 0 Å². The van der Waals surface area contributed by atoms with Crippen molar-refractivity contribution in [2.75, 3.05) is 5.32 Å². The maximum absolute atomic E-state index is 11.7. The van der Waals surface area contributed by atoms with Crippen molar-refractivity contribution in [1.82, 2.24) is 4.98 Å². The maximum Gasteiger partial charge on any atom is 0.243 e. The largest absolute Gasteiger partial charge is 0.323 e. The fourth-order valence-corrected chi connectivity index (χ4v) is 1.43. The molecular weight excluding hydrogens is 214 g/mol. The highest BCUT2D eigenvalue weighted by Crippen LogP contribution is 2.16. The minimum Gasteiger partial charge on any atom is -0.323 e. The molecule has 1 aromatic carbocycles. The summed E-state index contributed by atoms with van der Waals surface area (Å²) in [5.74, 6) is -0.227. The van der Waals surface area contributed by atoms with Gasteiger partial charge in [0.15, 0.2) is 0 Å². The number of pyridine rings is 1. The van der Waals surface area contributed by atoms with Crippen LogP contribution in [0.3, 0.4) is 0 Å². The lowest BCUT2D eigenvalue weighted by Gasteiger charge is -2.17. The molecule has 0 radical (unpaired) electrons. The molecule has 17 heavy (non-hydrogen) atoms. The Morgan fingerprint density at radius 2 is 2.06 bits per heavy atom. The van der Waals surface area contributed by atoms with E-state index in [0.717, 1.165) is 10.9 Å². The van der Waals surface area contributed by atoms with Gasteiger partial charge in [-0.2, -0.15) is 0 Å². The number of aromatic nitrogens is 1. The Labute approximate surface area is 99.8 Å². The molecule has 0 fully saturated rings. The van der Waals surface area contributed by atoms with Crippen molar-refractivity contribution >= 4 is 22.5 Å². The summed E-state index contributed by atoms with van der Waals surface area (Å²) in [6, 6.07) is 9.62. The van der Waals surface area contributed by atoms with Gasteiger partial charge in [0.05, 0.1) is 22.9 Å². The molecule has 0 saturated carbocycles. The van der Waals surface area contributed by atoms with Gasteiger partial charge in [-0.15, -0.1) is 0 Å². The predicted octanol–water partition coefficient (Wildman–Crippen LogP) is 1.91. The van der Waals surface area contributed by atoms with Gasteiger partial charge in [0.1, 0.15) is 0 Å². The minimum atomic E-state index is -0.897. The van der Waals surface area contributed by atoms with Crippen molar-refractivity contribution in [3.63, 3.8) is 0 Å². The molecule has 0 aliphatic heterocycles. The van der Waals surface area contributed by atoms with Crippen LogP contribution in [-0.2, 0) is 4.79 Å². The summed E-state index contributed by atoms with van der Waals surface area (Å²) in [6.45, 7) is 3.33. The Kier molecular flexibility index (Phi) is 2.81. The maximum atomic E-state index is 11.7. The summed E-state index contributed by atoms with van der Waals surface area (Å²) in [4.78, 5) is 16.0. The zero-order valence-corrected chi connectivity index (χ0v) is 9.90. The molecule has 4 nitrogen and oxygen atoms in total. The van der Waals surface area contributed by atoms with Gasteiger partial charge in [0.2, 0.25) is 5.91 Å². The topological polar surface area (TPSA) is 68.0 Å². The first-order valence-corrected chi connectivity index (χ1v) is 5.42. The van der Waals surface area contributed by atoms with Gasteiger partial charge >= 0.3 is 0 Å². The Bertz CT molecular complexity index is 558. The highest BCUT2D eigenvalue weighted by molar-refractivity contribution is 5.98. The second-order valence-corrected chi connectivity index (χ2v) is 4.59. The smallest absolute Gasteiger partial charge is 0.243 e. The summed E-state index contributed by atoms with van der Waals surface area (Å²) in [7, 11) is 0. The van der Waals surface area contributed by atoms with E-state index in [1.165, 1.54) is 0 Å². The summed E-state index contributed by atoms with van der Waals surface area (Å²) in [6.07, 6.45) is 1.63. The molecule has 2 rings (SSSR count). The van der Waals surface area contributed by atoms with E-state index in [2.05, 4.69) is 10.3 Å². The van der Waals surface area contributed by atoms with Crippen molar-refractivity contribution in [3.8, 4) is 0 Å². The molecule has 0 atom stereocenters. The number of anilines is 1. The normalized spacial score (nSPS) is 11.5. The number of nitrogens with zero attached hydrogens (tertiary/aromatic N) is 1. The van der Waals surface area contributed by atoms with Gasteiger partial charge < -0.3 is 11.1 Å². The number of carbonyl (C=O) groups excluding carboxylic acids is 1. The van der Waals surface area contributed by atoms with Crippen molar-refractivity contribution in [2.24, 2.45) is 5.73 Å². The Balaban J connectivity index is 2.29. The van der Waals surface area contributed by atoms with Crippen LogP contribution in [0.5, 0.6) is 0 Å². The van der Waals surface area contributed by atoms with Crippen molar-refractivity contribution in [3.05, 3.63) is 36.5 Å². The van der Waals surface area contributed by atoms with E-state index in [-0.39, 0.29) is 5.91 Å². The molecule has 1 amide bonds. The molecule has 0 bridgehead atoms. The summed E-state index contributed by atoms with van der Waals surface area (Å²) >= 11 is 0. The number of nitrogens with two attached hydrogens (primary N) is 1. The van der Waals surface area contributed by atoms with Crippen molar-refractivity contribution in [2.45, 2.75) is 19.4 Å². The lowest BCUT2D eigenvalue weighted by Crippen LogP contribution is -2.45. The third-order valence-electron chi connectivity index (χ3n) is 2.43. The van der Waals surface area contributed by atoms with E-state index in [9.17, 15) is 4.79 Å². The van der Waals surface area contributed by atoms with E-state index < -0.39 is 5.54 Å². The standard InChI is InChI=1S/C13H15N3O/c1-13(2,14)12(17)16-10-7-9-5-3-4-6-11(9)15-8-10/h3-8H,14H2,1-2H3,(H,16,17). The van der Waals surface area contributed by atoms with E-state index >= 15 is 0 Å². The number of hydrogen-bond donors (Lipinski definition) is 2. The fourth-order valence-electron chi connectivity index (χ4n) is 1.43. The molecule has 3 N–H and O–H groups in total. The number of amides is 1. The number of fused-ring (bicyclic) bond motifs is 1. The fraction of sp³-hybridized carbons (Fsp3) is 0.231. The van der Waals surface area contributed by atoms with Crippen LogP contribution in [0.4, 0.5) is 5.69 Å². The molecule has 0 unspecified atom stereocenters. The van der Waals surface area contributed by atoms with Gasteiger partial charge in [0.25, 0.3) is 0 Å². The van der Waals surface area contributed by atoms with Gasteiger partial charge in [-0.05, 0) is 26.0 Å². The zero-order valence-electron chi connectivity index (χ0n) is 9.90. The average Bonchev–Trinajstić information content (AvgIpc) is 2.27. The van der Waals surface area contributed by atoms with E-state index in [1.807, 2.05) is 30.3 Å². The van der Waals surface area contributed by atoms with Crippen LogP contribution in [0.15, 0.2) is 36.5 Å². The number of benzene rings is 1.